The van der Waals surface area contributed by atoms with E-state index in [1.165, 1.54) is 77.0 Å². The molecule has 0 amide bonds. The van der Waals surface area contributed by atoms with Crippen LogP contribution in [-0.2, 0) is 4.79 Å². The number of hydrogen-bond donors (Lipinski definition) is 1. The summed E-state index contributed by atoms with van der Waals surface area (Å²) in [5.74, 6) is 0.335. The van der Waals surface area contributed by atoms with E-state index in [0.29, 0.717) is 12.4 Å². The van der Waals surface area contributed by atoms with E-state index in [1.807, 2.05) is 0 Å². The second-order valence-corrected chi connectivity index (χ2v) is 6.13. The van der Waals surface area contributed by atoms with E-state index >= 15 is 0 Å². The van der Waals surface area contributed by atoms with Crippen molar-refractivity contribution in [1.29, 1.82) is 0 Å². The molecule has 0 spiro atoms. The third-order valence-corrected chi connectivity index (χ3v) is 3.94. The molecule has 2 nitrogen and oxygen atoms in total. The fraction of sp³-hybridized carbons (Fsp3) is 0.944. The first kappa shape index (κ1) is 19.6. The number of ketones is 1. The van der Waals surface area contributed by atoms with Gasteiger partial charge in [-0.1, -0.05) is 77.0 Å². The Morgan fingerprint density at radius 3 is 1.20 bits per heavy atom. The zero-order valence-corrected chi connectivity index (χ0v) is 13.7. The van der Waals surface area contributed by atoms with Crippen LogP contribution in [0.4, 0.5) is 0 Å². The highest BCUT2D eigenvalue weighted by atomic mass is 16.2. The average Bonchev–Trinajstić information content (AvgIpc) is 2.43. The Morgan fingerprint density at radius 2 is 0.900 bits per heavy atom. The molecule has 0 fully saturated rings. The fourth-order valence-corrected chi connectivity index (χ4v) is 2.61. The number of Topliss-reactive ketones (excluding diaryl/α,β-unsaturated/α-hetero) is 1. The standard InChI is InChI=1S/C18H36O2/c1-18(20)16-14-12-10-8-6-4-2-3-5-7-9-11-13-15-17-19/h19H,2-17H2,1H3. The maximum atomic E-state index is 10.8. The number of aliphatic hydroxyl groups excluding tert-OH is 1. The Hall–Kier alpha value is -0.370. The fourth-order valence-electron chi connectivity index (χ4n) is 2.61. The number of hydrogen-bond acceptors (Lipinski definition) is 2. The summed E-state index contributed by atoms with van der Waals surface area (Å²) >= 11 is 0. The Kier molecular flexibility index (Phi) is 16.4. The molecule has 1 N–H and O–H groups in total. The summed E-state index contributed by atoms with van der Waals surface area (Å²) in [6.45, 7) is 2.04. The van der Waals surface area contributed by atoms with Crippen LogP contribution < -0.4 is 0 Å². The van der Waals surface area contributed by atoms with Gasteiger partial charge in [-0.2, -0.15) is 0 Å². The van der Waals surface area contributed by atoms with Crippen molar-refractivity contribution in [3.8, 4) is 0 Å². The Balaban J connectivity index is 2.94. The molecule has 0 saturated carbocycles. The molecular weight excluding hydrogens is 248 g/mol. The lowest BCUT2D eigenvalue weighted by Crippen LogP contribution is -1.89. The van der Waals surface area contributed by atoms with Crippen LogP contribution in [-0.4, -0.2) is 17.5 Å². The number of carbonyl (C=O) groups is 1. The number of unbranched alkanes of at least 4 members (excludes halogenated alkanes) is 13. The zero-order valence-electron chi connectivity index (χ0n) is 13.7. The quantitative estimate of drug-likeness (QED) is 0.384. The predicted molar refractivity (Wildman–Crippen MR) is 87.0 cm³/mol. The normalized spacial score (nSPS) is 10.9. The van der Waals surface area contributed by atoms with Crippen LogP contribution in [0, 0.1) is 0 Å². The first-order valence-electron chi connectivity index (χ1n) is 8.87. The van der Waals surface area contributed by atoms with Gasteiger partial charge in [-0.15, -0.1) is 0 Å². The molecule has 0 atom stereocenters. The molecule has 120 valence electrons. The Bertz CT molecular complexity index is 202. The van der Waals surface area contributed by atoms with Crippen molar-refractivity contribution in [3.63, 3.8) is 0 Å². The van der Waals surface area contributed by atoms with Crippen LogP contribution in [0.3, 0.4) is 0 Å². The molecule has 0 aliphatic rings. The van der Waals surface area contributed by atoms with Crippen LogP contribution in [0.15, 0.2) is 0 Å². The maximum absolute atomic E-state index is 10.8. The van der Waals surface area contributed by atoms with Gasteiger partial charge in [0, 0.05) is 13.0 Å². The second kappa shape index (κ2) is 16.7. The van der Waals surface area contributed by atoms with Crippen molar-refractivity contribution in [2.75, 3.05) is 6.61 Å². The lowest BCUT2D eigenvalue weighted by atomic mass is 10.0. The molecule has 0 aromatic rings. The SMILES string of the molecule is CC(=O)CCCCCCCCCCCCCCCCO. The average molecular weight is 284 g/mol. The van der Waals surface area contributed by atoms with Gasteiger partial charge in [-0.05, 0) is 19.8 Å². The second-order valence-electron chi connectivity index (χ2n) is 6.13. The van der Waals surface area contributed by atoms with Crippen molar-refractivity contribution in [3.05, 3.63) is 0 Å². The topological polar surface area (TPSA) is 37.3 Å². The van der Waals surface area contributed by atoms with Gasteiger partial charge in [0.2, 0.25) is 0 Å². The largest absolute Gasteiger partial charge is 0.396 e. The molecule has 0 rings (SSSR count). The molecule has 0 aromatic heterocycles. The van der Waals surface area contributed by atoms with E-state index in [2.05, 4.69) is 0 Å². The molecule has 0 heterocycles. The van der Waals surface area contributed by atoms with Crippen LogP contribution in [0.5, 0.6) is 0 Å². The summed E-state index contributed by atoms with van der Waals surface area (Å²) in [5.41, 5.74) is 0. The van der Waals surface area contributed by atoms with Gasteiger partial charge in [0.25, 0.3) is 0 Å². The number of aliphatic hydroxyl groups is 1. The zero-order chi connectivity index (χ0) is 14.9. The first-order valence-corrected chi connectivity index (χ1v) is 8.87. The van der Waals surface area contributed by atoms with Crippen LogP contribution in [0.2, 0.25) is 0 Å². The monoisotopic (exact) mass is 284 g/mol. The first-order chi connectivity index (χ1) is 9.77. The minimum Gasteiger partial charge on any atom is -0.396 e. The van der Waals surface area contributed by atoms with Crippen molar-refractivity contribution in [2.24, 2.45) is 0 Å². The van der Waals surface area contributed by atoms with E-state index in [0.717, 1.165) is 19.3 Å². The van der Waals surface area contributed by atoms with Crippen molar-refractivity contribution >= 4 is 5.78 Å². The Labute approximate surface area is 126 Å². The summed E-state index contributed by atoms with van der Waals surface area (Å²) in [4.78, 5) is 10.8. The van der Waals surface area contributed by atoms with Crippen molar-refractivity contribution in [1.82, 2.24) is 0 Å². The number of carbonyl (C=O) groups excluding carboxylic acids is 1. The summed E-state index contributed by atoms with van der Waals surface area (Å²) in [5, 5.41) is 8.67. The van der Waals surface area contributed by atoms with E-state index in [1.54, 1.807) is 6.92 Å². The van der Waals surface area contributed by atoms with E-state index in [-0.39, 0.29) is 0 Å². The van der Waals surface area contributed by atoms with Crippen LogP contribution in [0.1, 0.15) is 103 Å². The van der Waals surface area contributed by atoms with Gasteiger partial charge >= 0.3 is 0 Å². The lowest BCUT2D eigenvalue weighted by Gasteiger charge is -2.03. The van der Waals surface area contributed by atoms with Gasteiger partial charge in [-0.25, -0.2) is 0 Å². The molecule has 0 radical (unpaired) electrons. The highest BCUT2D eigenvalue weighted by Crippen LogP contribution is 2.13. The summed E-state index contributed by atoms with van der Waals surface area (Å²) in [7, 11) is 0. The van der Waals surface area contributed by atoms with Crippen molar-refractivity contribution < 1.29 is 9.90 Å². The lowest BCUT2D eigenvalue weighted by molar-refractivity contribution is -0.117. The molecular formula is C18H36O2. The smallest absolute Gasteiger partial charge is 0.129 e. The molecule has 0 bridgehead atoms. The van der Waals surface area contributed by atoms with Crippen LogP contribution >= 0.6 is 0 Å². The number of rotatable bonds is 16. The molecule has 0 unspecified atom stereocenters. The third kappa shape index (κ3) is 17.6. The highest BCUT2D eigenvalue weighted by molar-refractivity contribution is 5.75. The summed E-state index contributed by atoms with van der Waals surface area (Å²) < 4.78 is 0. The van der Waals surface area contributed by atoms with Gasteiger partial charge in [0.15, 0.2) is 0 Å². The van der Waals surface area contributed by atoms with E-state index in [4.69, 9.17) is 5.11 Å². The maximum Gasteiger partial charge on any atom is 0.129 e. The molecule has 0 saturated heterocycles. The van der Waals surface area contributed by atoms with E-state index < -0.39 is 0 Å². The molecule has 0 aromatic carbocycles. The Morgan fingerprint density at radius 1 is 0.600 bits per heavy atom. The third-order valence-electron chi connectivity index (χ3n) is 3.94. The van der Waals surface area contributed by atoms with Crippen LogP contribution in [0.25, 0.3) is 0 Å². The van der Waals surface area contributed by atoms with Crippen molar-refractivity contribution in [2.45, 2.75) is 103 Å². The van der Waals surface area contributed by atoms with Gasteiger partial charge < -0.3 is 9.90 Å². The summed E-state index contributed by atoms with van der Waals surface area (Å²) in [6.07, 6.45) is 18.9. The van der Waals surface area contributed by atoms with Gasteiger partial charge in [-0.3, -0.25) is 0 Å². The molecule has 20 heavy (non-hydrogen) atoms. The molecule has 2 heteroatoms. The van der Waals surface area contributed by atoms with Gasteiger partial charge in [0.05, 0.1) is 0 Å². The molecule has 0 aliphatic heterocycles. The molecule has 0 aliphatic carbocycles. The summed E-state index contributed by atoms with van der Waals surface area (Å²) in [6, 6.07) is 0. The minimum absolute atomic E-state index is 0.335. The van der Waals surface area contributed by atoms with E-state index in [9.17, 15) is 4.79 Å². The minimum atomic E-state index is 0.335. The van der Waals surface area contributed by atoms with Gasteiger partial charge in [0.1, 0.15) is 5.78 Å². The highest BCUT2D eigenvalue weighted by Gasteiger charge is 1.95. The predicted octanol–water partition coefficient (Wildman–Crippen LogP) is 5.42.